The normalized spacial score (nSPS) is 15.3. The summed E-state index contributed by atoms with van der Waals surface area (Å²) in [5.41, 5.74) is 1.85. The molecule has 0 atom stereocenters. The first-order valence-electron chi connectivity index (χ1n) is 7.53. The average Bonchev–Trinajstić information content (AvgIpc) is 3.06. The van der Waals surface area contributed by atoms with Crippen molar-refractivity contribution in [3.8, 4) is 0 Å². The summed E-state index contributed by atoms with van der Waals surface area (Å²) in [4.78, 5) is 32.3. The Balaban J connectivity index is 1.54. The van der Waals surface area contributed by atoms with Crippen molar-refractivity contribution in [3.05, 3.63) is 41.3 Å². The van der Waals surface area contributed by atoms with Crippen molar-refractivity contribution >= 4 is 22.7 Å². The van der Waals surface area contributed by atoms with Gasteiger partial charge in [0.2, 0.25) is 0 Å². The number of nitrogens with zero attached hydrogens (tertiary/aromatic N) is 6. The molecule has 0 radical (unpaired) electrons. The van der Waals surface area contributed by atoms with Crippen molar-refractivity contribution < 1.29 is 0 Å². The van der Waals surface area contributed by atoms with E-state index in [-0.39, 0.29) is 5.56 Å². The molecule has 3 aromatic rings. The molecule has 4 heterocycles. The summed E-state index contributed by atoms with van der Waals surface area (Å²) < 4.78 is 1.47. The highest BCUT2D eigenvalue weighted by atomic mass is 16.1. The minimum absolute atomic E-state index is 0.0404. The Morgan fingerprint density at radius 2 is 1.87 bits per heavy atom. The van der Waals surface area contributed by atoms with E-state index in [1.165, 1.54) is 4.57 Å². The lowest BCUT2D eigenvalue weighted by atomic mass is 10.3. The standard InChI is InChI=1S/C15H17N7O/c1-20-10-19-12(8-13(20)23)21-4-6-22(7-5-21)15-14-11(2-3-16-14)17-9-18-15/h2-3,8-10,16H,4-7H2,1H3. The van der Waals surface area contributed by atoms with E-state index in [2.05, 4.69) is 29.7 Å². The van der Waals surface area contributed by atoms with Crippen LogP contribution in [0.1, 0.15) is 0 Å². The van der Waals surface area contributed by atoms with Crippen molar-refractivity contribution in [1.29, 1.82) is 0 Å². The monoisotopic (exact) mass is 311 g/mol. The third-order valence-corrected chi connectivity index (χ3v) is 4.19. The molecule has 0 unspecified atom stereocenters. The molecule has 0 aromatic carbocycles. The van der Waals surface area contributed by atoms with E-state index in [1.54, 1.807) is 25.8 Å². The van der Waals surface area contributed by atoms with E-state index < -0.39 is 0 Å². The number of piperazine rings is 1. The zero-order valence-electron chi connectivity index (χ0n) is 12.8. The molecule has 1 fully saturated rings. The Bertz CT molecular complexity index is 892. The van der Waals surface area contributed by atoms with E-state index in [0.29, 0.717) is 0 Å². The van der Waals surface area contributed by atoms with Crippen LogP contribution in [0.2, 0.25) is 0 Å². The third-order valence-electron chi connectivity index (χ3n) is 4.19. The van der Waals surface area contributed by atoms with Crippen LogP contribution in [0.3, 0.4) is 0 Å². The average molecular weight is 311 g/mol. The molecule has 0 aliphatic carbocycles. The van der Waals surface area contributed by atoms with Crippen LogP contribution in [0.5, 0.6) is 0 Å². The number of hydrogen-bond acceptors (Lipinski definition) is 6. The number of fused-ring (bicyclic) bond motifs is 1. The second-order valence-electron chi connectivity index (χ2n) is 5.61. The Kier molecular flexibility index (Phi) is 3.22. The van der Waals surface area contributed by atoms with Gasteiger partial charge in [0.05, 0.1) is 11.8 Å². The van der Waals surface area contributed by atoms with E-state index in [0.717, 1.165) is 48.8 Å². The van der Waals surface area contributed by atoms with Crippen LogP contribution in [0.25, 0.3) is 11.0 Å². The second-order valence-corrected chi connectivity index (χ2v) is 5.61. The van der Waals surface area contributed by atoms with Crippen LogP contribution in [0.15, 0.2) is 35.8 Å². The fourth-order valence-corrected chi connectivity index (χ4v) is 2.87. The minimum atomic E-state index is -0.0404. The Hall–Kier alpha value is -2.90. The van der Waals surface area contributed by atoms with Gasteiger partial charge in [-0.25, -0.2) is 15.0 Å². The van der Waals surface area contributed by atoms with Gasteiger partial charge in [0, 0.05) is 45.5 Å². The first-order chi connectivity index (χ1) is 11.2. The molecule has 8 nitrogen and oxygen atoms in total. The lowest BCUT2D eigenvalue weighted by Gasteiger charge is -2.36. The molecule has 0 saturated carbocycles. The number of aryl methyl sites for hydroxylation is 1. The molecule has 1 saturated heterocycles. The predicted molar refractivity (Wildman–Crippen MR) is 87.8 cm³/mol. The molecule has 0 amide bonds. The predicted octanol–water partition coefficient (Wildman–Crippen LogP) is 0.378. The molecule has 118 valence electrons. The van der Waals surface area contributed by atoms with Gasteiger partial charge in [-0.3, -0.25) is 4.79 Å². The first kappa shape index (κ1) is 13.7. The van der Waals surface area contributed by atoms with E-state index in [1.807, 2.05) is 12.3 Å². The van der Waals surface area contributed by atoms with Gasteiger partial charge in [0.1, 0.15) is 17.7 Å². The number of anilines is 2. The van der Waals surface area contributed by atoms with E-state index in [9.17, 15) is 4.79 Å². The summed E-state index contributed by atoms with van der Waals surface area (Å²) in [6, 6.07) is 3.53. The molecule has 8 heteroatoms. The highest BCUT2D eigenvalue weighted by Crippen LogP contribution is 2.23. The summed E-state index contributed by atoms with van der Waals surface area (Å²) in [6.07, 6.45) is 5.04. The Morgan fingerprint density at radius 1 is 1.09 bits per heavy atom. The van der Waals surface area contributed by atoms with Gasteiger partial charge in [-0.1, -0.05) is 0 Å². The Labute approximate surface area is 132 Å². The number of hydrogen-bond donors (Lipinski definition) is 1. The van der Waals surface area contributed by atoms with Crippen LogP contribution in [0.4, 0.5) is 11.6 Å². The van der Waals surface area contributed by atoms with Crippen molar-refractivity contribution in [2.45, 2.75) is 0 Å². The quantitative estimate of drug-likeness (QED) is 0.736. The zero-order valence-corrected chi connectivity index (χ0v) is 12.8. The highest BCUT2D eigenvalue weighted by Gasteiger charge is 2.21. The van der Waals surface area contributed by atoms with Crippen LogP contribution < -0.4 is 15.4 Å². The molecular formula is C15H17N7O. The summed E-state index contributed by atoms with van der Waals surface area (Å²) in [5.74, 6) is 1.66. The number of rotatable bonds is 2. The van der Waals surface area contributed by atoms with Crippen LogP contribution >= 0.6 is 0 Å². The largest absolute Gasteiger partial charge is 0.357 e. The molecule has 0 spiro atoms. The van der Waals surface area contributed by atoms with Crippen molar-refractivity contribution in [1.82, 2.24) is 24.5 Å². The maximum absolute atomic E-state index is 11.7. The van der Waals surface area contributed by atoms with Crippen LogP contribution in [-0.2, 0) is 7.05 Å². The smallest absolute Gasteiger partial charge is 0.255 e. The van der Waals surface area contributed by atoms with E-state index >= 15 is 0 Å². The Morgan fingerprint density at radius 3 is 2.65 bits per heavy atom. The number of H-pyrrole nitrogens is 1. The SMILES string of the molecule is Cn1cnc(N2CCN(c3ncnc4cc[nH]c34)CC2)cc1=O. The number of aromatic nitrogens is 5. The molecule has 1 aliphatic rings. The summed E-state index contributed by atoms with van der Waals surface area (Å²) in [5, 5.41) is 0. The number of aromatic amines is 1. The van der Waals surface area contributed by atoms with Crippen LogP contribution in [-0.4, -0.2) is 50.7 Å². The van der Waals surface area contributed by atoms with Crippen molar-refractivity contribution in [3.63, 3.8) is 0 Å². The minimum Gasteiger partial charge on any atom is -0.357 e. The summed E-state index contributed by atoms with van der Waals surface area (Å²) >= 11 is 0. The fourth-order valence-electron chi connectivity index (χ4n) is 2.87. The van der Waals surface area contributed by atoms with Crippen molar-refractivity contribution in [2.75, 3.05) is 36.0 Å². The molecule has 3 aromatic heterocycles. The number of nitrogens with one attached hydrogen (secondary N) is 1. The van der Waals surface area contributed by atoms with Gasteiger partial charge in [-0.15, -0.1) is 0 Å². The molecule has 23 heavy (non-hydrogen) atoms. The maximum atomic E-state index is 11.7. The lowest BCUT2D eigenvalue weighted by Crippen LogP contribution is -2.47. The molecule has 1 aliphatic heterocycles. The summed E-state index contributed by atoms with van der Waals surface area (Å²) in [6.45, 7) is 3.24. The molecule has 4 rings (SSSR count). The lowest BCUT2D eigenvalue weighted by molar-refractivity contribution is 0.639. The molecule has 0 bridgehead atoms. The van der Waals surface area contributed by atoms with Crippen LogP contribution in [0, 0.1) is 0 Å². The van der Waals surface area contributed by atoms with Gasteiger partial charge < -0.3 is 19.4 Å². The summed E-state index contributed by atoms with van der Waals surface area (Å²) in [7, 11) is 1.70. The topological polar surface area (TPSA) is 82.9 Å². The molecular weight excluding hydrogens is 294 g/mol. The maximum Gasteiger partial charge on any atom is 0.255 e. The highest BCUT2D eigenvalue weighted by molar-refractivity contribution is 5.85. The first-order valence-corrected chi connectivity index (χ1v) is 7.53. The third kappa shape index (κ3) is 2.41. The zero-order chi connectivity index (χ0) is 15.8. The van der Waals surface area contributed by atoms with Gasteiger partial charge >= 0.3 is 0 Å². The second kappa shape index (κ2) is 5.38. The van der Waals surface area contributed by atoms with Crippen molar-refractivity contribution in [2.24, 2.45) is 7.05 Å². The van der Waals surface area contributed by atoms with E-state index in [4.69, 9.17) is 0 Å². The van der Waals surface area contributed by atoms with Gasteiger partial charge in [0.25, 0.3) is 5.56 Å². The fraction of sp³-hybridized carbons (Fsp3) is 0.333. The van der Waals surface area contributed by atoms with Gasteiger partial charge in [-0.05, 0) is 6.07 Å². The van der Waals surface area contributed by atoms with Gasteiger partial charge in [-0.2, -0.15) is 0 Å². The van der Waals surface area contributed by atoms with Gasteiger partial charge in [0.15, 0.2) is 5.82 Å². The molecule has 1 N–H and O–H groups in total.